The van der Waals surface area contributed by atoms with Crippen molar-refractivity contribution in [1.29, 1.82) is 0 Å². The number of aryl methyl sites for hydroxylation is 1. The van der Waals surface area contributed by atoms with E-state index in [1.807, 2.05) is 61.5 Å². The molecule has 0 unspecified atom stereocenters. The number of hydrogen-bond donors (Lipinski definition) is 2. The van der Waals surface area contributed by atoms with Crippen molar-refractivity contribution in [3.05, 3.63) is 84.4 Å². The van der Waals surface area contributed by atoms with Gasteiger partial charge in [-0.3, -0.25) is 0 Å². The molecule has 0 spiro atoms. The molecule has 0 atom stereocenters. The van der Waals surface area contributed by atoms with E-state index in [-0.39, 0.29) is 12.8 Å². The Hall–Kier alpha value is -3.47. The van der Waals surface area contributed by atoms with Crippen LogP contribution in [0.4, 0.5) is 10.5 Å². The van der Waals surface area contributed by atoms with Crippen LogP contribution < -0.4 is 20.1 Å². The molecule has 0 aliphatic carbocycles. The zero-order chi connectivity index (χ0) is 18.2. The van der Waals surface area contributed by atoms with E-state index in [9.17, 15) is 4.79 Å². The molecule has 0 saturated carbocycles. The van der Waals surface area contributed by atoms with Crippen LogP contribution >= 0.6 is 0 Å². The van der Waals surface area contributed by atoms with Crippen LogP contribution in [0.3, 0.4) is 0 Å². The van der Waals surface area contributed by atoms with Gasteiger partial charge in [0.15, 0.2) is 6.73 Å². The van der Waals surface area contributed by atoms with Crippen molar-refractivity contribution in [2.45, 2.75) is 6.92 Å². The second-order valence-electron chi connectivity index (χ2n) is 5.67. The van der Waals surface area contributed by atoms with Crippen LogP contribution in [0.25, 0.3) is 0 Å². The van der Waals surface area contributed by atoms with E-state index in [4.69, 9.17) is 9.47 Å². The van der Waals surface area contributed by atoms with Gasteiger partial charge in [0.25, 0.3) is 0 Å². The number of benzene rings is 3. The molecule has 0 saturated heterocycles. The zero-order valence-electron chi connectivity index (χ0n) is 14.4. The molecule has 26 heavy (non-hydrogen) atoms. The summed E-state index contributed by atoms with van der Waals surface area (Å²) in [6.07, 6.45) is 0. The van der Waals surface area contributed by atoms with E-state index in [0.717, 1.165) is 11.3 Å². The Morgan fingerprint density at radius 1 is 0.808 bits per heavy atom. The van der Waals surface area contributed by atoms with Crippen LogP contribution in [0.2, 0.25) is 0 Å². The highest BCUT2D eigenvalue weighted by molar-refractivity contribution is 5.89. The first-order valence-corrected chi connectivity index (χ1v) is 8.26. The largest absolute Gasteiger partial charge is 0.473 e. The topological polar surface area (TPSA) is 59.6 Å². The maximum absolute atomic E-state index is 11.9. The first-order valence-electron chi connectivity index (χ1n) is 8.26. The highest BCUT2D eigenvalue weighted by Crippen LogP contribution is 2.22. The molecule has 3 aromatic carbocycles. The molecule has 0 heterocycles. The summed E-state index contributed by atoms with van der Waals surface area (Å²) in [5.41, 5.74) is 1.82. The van der Waals surface area contributed by atoms with E-state index in [0.29, 0.717) is 17.2 Å². The smallest absolute Gasteiger partial charge is 0.321 e. The number of ether oxygens (including phenoxy) is 2. The lowest BCUT2D eigenvalue weighted by molar-refractivity contribution is 0.234. The number of hydrogen-bond acceptors (Lipinski definition) is 3. The number of carbonyl (C=O) groups is 1. The Balaban J connectivity index is 1.44. The van der Waals surface area contributed by atoms with Crippen LogP contribution in [-0.2, 0) is 0 Å². The third kappa shape index (κ3) is 5.27. The second kappa shape index (κ2) is 8.58. The standard InChI is InChI=1S/C21H20N2O3/c1-16-7-11-18(12-8-16)25-15-22-21(24)23-17-9-13-20(14-10-17)26-19-5-3-2-4-6-19/h2-14H,15H2,1H3,(H2,22,23,24). The summed E-state index contributed by atoms with van der Waals surface area (Å²) < 4.78 is 11.2. The molecule has 0 bridgehead atoms. The molecule has 0 aliphatic rings. The summed E-state index contributed by atoms with van der Waals surface area (Å²) in [5, 5.41) is 5.39. The van der Waals surface area contributed by atoms with Crippen LogP contribution in [-0.4, -0.2) is 12.8 Å². The summed E-state index contributed by atoms with van der Waals surface area (Å²) in [5.74, 6) is 2.17. The van der Waals surface area contributed by atoms with Crippen LogP contribution in [0.1, 0.15) is 5.56 Å². The Kier molecular flexibility index (Phi) is 5.72. The number of carbonyl (C=O) groups excluding carboxylic acids is 1. The molecular formula is C21H20N2O3. The molecule has 0 fully saturated rings. The summed E-state index contributed by atoms with van der Waals surface area (Å²) in [7, 11) is 0. The monoisotopic (exact) mass is 348 g/mol. The number of urea groups is 1. The third-order valence-corrected chi connectivity index (χ3v) is 3.58. The molecule has 0 aliphatic heterocycles. The fraction of sp³-hybridized carbons (Fsp3) is 0.0952. The quantitative estimate of drug-likeness (QED) is 0.620. The van der Waals surface area contributed by atoms with Gasteiger partial charge in [-0.25, -0.2) is 4.79 Å². The first kappa shape index (κ1) is 17.4. The highest BCUT2D eigenvalue weighted by Gasteiger charge is 2.03. The molecule has 5 heteroatoms. The average Bonchev–Trinajstić information content (AvgIpc) is 2.66. The lowest BCUT2D eigenvalue weighted by Gasteiger charge is -2.10. The number of para-hydroxylation sites is 1. The number of nitrogens with one attached hydrogen (secondary N) is 2. The molecule has 3 rings (SSSR count). The van der Waals surface area contributed by atoms with Gasteiger partial charge in [0.2, 0.25) is 0 Å². The number of rotatable bonds is 6. The van der Waals surface area contributed by atoms with Crippen LogP contribution in [0, 0.1) is 6.92 Å². The van der Waals surface area contributed by atoms with E-state index in [2.05, 4.69) is 10.6 Å². The SMILES string of the molecule is Cc1ccc(OCNC(=O)Nc2ccc(Oc3ccccc3)cc2)cc1. The Bertz CT molecular complexity index is 831. The molecular weight excluding hydrogens is 328 g/mol. The first-order chi connectivity index (χ1) is 12.7. The minimum absolute atomic E-state index is 0.0874. The Morgan fingerprint density at radius 3 is 2.12 bits per heavy atom. The van der Waals surface area contributed by atoms with Crippen molar-refractivity contribution in [1.82, 2.24) is 5.32 Å². The minimum Gasteiger partial charge on any atom is -0.473 e. The van der Waals surface area contributed by atoms with E-state index < -0.39 is 0 Å². The predicted octanol–water partition coefficient (Wildman–Crippen LogP) is 4.95. The lowest BCUT2D eigenvalue weighted by atomic mass is 10.2. The van der Waals surface area contributed by atoms with Gasteiger partial charge in [0.1, 0.15) is 17.2 Å². The van der Waals surface area contributed by atoms with Crippen LogP contribution in [0.15, 0.2) is 78.9 Å². The Labute approximate surface area is 152 Å². The van der Waals surface area contributed by atoms with E-state index in [1.54, 1.807) is 24.3 Å². The summed E-state index contributed by atoms with van der Waals surface area (Å²) in [4.78, 5) is 11.9. The van der Waals surface area contributed by atoms with Crippen LogP contribution in [0.5, 0.6) is 17.2 Å². The molecule has 0 radical (unpaired) electrons. The van der Waals surface area contributed by atoms with E-state index >= 15 is 0 Å². The lowest BCUT2D eigenvalue weighted by Crippen LogP contribution is -2.31. The normalized spacial score (nSPS) is 10.0. The summed E-state index contributed by atoms with van der Waals surface area (Å²) in [6, 6.07) is 24.0. The van der Waals surface area contributed by atoms with Crippen molar-refractivity contribution < 1.29 is 14.3 Å². The molecule has 2 N–H and O–H groups in total. The van der Waals surface area contributed by atoms with Crippen molar-refractivity contribution in [3.8, 4) is 17.2 Å². The van der Waals surface area contributed by atoms with Crippen molar-refractivity contribution in [2.24, 2.45) is 0 Å². The molecule has 3 aromatic rings. The second-order valence-corrected chi connectivity index (χ2v) is 5.67. The average molecular weight is 348 g/mol. The third-order valence-electron chi connectivity index (χ3n) is 3.58. The van der Waals surface area contributed by atoms with Gasteiger partial charge < -0.3 is 20.1 Å². The molecule has 2 amide bonds. The van der Waals surface area contributed by atoms with Crippen molar-refractivity contribution in [2.75, 3.05) is 12.0 Å². The maximum atomic E-state index is 11.9. The van der Waals surface area contributed by atoms with Gasteiger partial charge in [-0.05, 0) is 55.5 Å². The molecule has 0 aromatic heterocycles. The van der Waals surface area contributed by atoms with Gasteiger partial charge in [0, 0.05) is 5.69 Å². The van der Waals surface area contributed by atoms with Gasteiger partial charge in [-0.2, -0.15) is 0 Å². The van der Waals surface area contributed by atoms with Crippen molar-refractivity contribution >= 4 is 11.7 Å². The molecule has 132 valence electrons. The summed E-state index contributed by atoms with van der Waals surface area (Å²) in [6.45, 7) is 2.09. The summed E-state index contributed by atoms with van der Waals surface area (Å²) >= 11 is 0. The highest BCUT2D eigenvalue weighted by atomic mass is 16.5. The van der Waals surface area contributed by atoms with E-state index in [1.165, 1.54) is 0 Å². The fourth-order valence-corrected chi connectivity index (χ4v) is 2.23. The number of amides is 2. The maximum Gasteiger partial charge on any atom is 0.321 e. The number of anilines is 1. The predicted molar refractivity (Wildman–Crippen MR) is 102 cm³/mol. The zero-order valence-corrected chi connectivity index (χ0v) is 14.4. The fourth-order valence-electron chi connectivity index (χ4n) is 2.23. The van der Waals surface area contributed by atoms with Gasteiger partial charge in [-0.1, -0.05) is 35.9 Å². The van der Waals surface area contributed by atoms with Gasteiger partial charge in [0.05, 0.1) is 0 Å². The van der Waals surface area contributed by atoms with Crippen molar-refractivity contribution in [3.63, 3.8) is 0 Å². The minimum atomic E-state index is -0.339. The van der Waals surface area contributed by atoms with Gasteiger partial charge >= 0.3 is 6.03 Å². The Morgan fingerprint density at radius 2 is 1.42 bits per heavy atom. The molecule has 5 nitrogen and oxygen atoms in total. The van der Waals surface area contributed by atoms with Gasteiger partial charge in [-0.15, -0.1) is 0 Å².